The Morgan fingerprint density at radius 3 is 2.94 bits per heavy atom. The minimum atomic E-state index is -0.621. The van der Waals surface area contributed by atoms with Gasteiger partial charge in [-0.1, -0.05) is 11.6 Å². The molecular formula is C11H12Cl2FNO2. The van der Waals surface area contributed by atoms with Crippen molar-refractivity contribution in [3.05, 3.63) is 34.6 Å². The summed E-state index contributed by atoms with van der Waals surface area (Å²) in [6.07, 6.45) is 0. The molecule has 1 amide bonds. The SMILES string of the molecule is COCC(Cl)CNC(=O)c1cc(Cl)ccc1F. The smallest absolute Gasteiger partial charge is 0.254 e. The highest BCUT2D eigenvalue weighted by Crippen LogP contribution is 2.14. The van der Waals surface area contributed by atoms with Crippen LogP contribution in [0.4, 0.5) is 4.39 Å². The molecule has 0 bridgehead atoms. The molecule has 0 aromatic heterocycles. The average Bonchev–Trinajstić information content (AvgIpc) is 2.29. The molecule has 94 valence electrons. The van der Waals surface area contributed by atoms with Crippen molar-refractivity contribution in [2.75, 3.05) is 20.3 Å². The monoisotopic (exact) mass is 279 g/mol. The van der Waals surface area contributed by atoms with Gasteiger partial charge < -0.3 is 10.1 Å². The van der Waals surface area contributed by atoms with Crippen molar-refractivity contribution in [1.29, 1.82) is 0 Å². The van der Waals surface area contributed by atoms with Gasteiger partial charge >= 0.3 is 0 Å². The van der Waals surface area contributed by atoms with Gasteiger partial charge in [0.15, 0.2) is 0 Å². The fraction of sp³-hybridized carbons (Fsp3) is 0.364. The Morgan fingerprint density at radius 1 is 1.59 bits per heavy atom. The summed E-state index contributed by atoms with van der Waals surface area (Å²) < 4.78 is 18.1. The van der Waals surface area contributed by atoms with Gasteiger partial charge in [-0.15, -0.1) is 11.6 Å². The molecule has 3 nitrogen and oxygen atoms in total. The van der Waals surface area contributed by atoms with Gasteiger partial charge in [0.25, 0.3) is 5.91 Å². The van der Waals surface area contributed by atoms with Crippen molar-refractivity contribution in [3.63, 3.8) is 0 Å². The molecule has 1 aromatic carbocycles. The van der Waals surface area contributed by atoms with Crippen molar-refractivity contribution in [2.45, 2.75) is 5.38 Å². The Labute approximate surface area is 109 Å². The number of amides is 1. The number of nitrogens with one attached hydrogen (secondary N) is 1. The normalized spacial score (nSPS) is 12.2. The number of ether oxygens (including phenoxy) is 1. The predicted octanol–water partition coefficient (Wildman–Crippen LogP) is 2.46. The van der Waals surface area contributed by atoms with Crippen LogP contribution < -0.4 is 5.32 Å². The van der Waals surface area contributed by atoms with Crippen LogP contribution in [0.15, 0.2) is 18.2 Å². The van der Waals surface area contributed by atoms with Gasteiger partial charge in [-0.25, -0.2) is 4.39 Å². The summed E-state index contributed by atoms with van der Waals surface area (Å²) in [7, 11) is 1.51. The van der Waals surface area contributed by atoms with Crippen LogP contribution in [0.25, 0.3) is 0 Å². The molecule has 1 aromatic rings. The molecule has 0 aliphatic rings. The Bertz CT molecular complexity index is 401. The highest BCUT2D eigenvalue weighted by Gasteiger charge is 2.13. The minimum absolute atomic E-state index is 0.0983. The molecule has 1 N–H and O–H groups in total. The lowest BCUT2D eigenvalue weighted by Crippen LogP contribution is -2.32. The molecule has 0 radical (unpaired) electrons. The Balaban J connectivity index is 2.61. The van der Waals surface area contributed by atoms with Gasteiger partial charge in [-0.05, 0) is 18.2 Å². The van der Waals surface area contributed by atoms with Crippen LogP contribution in [0.5, 0.6) is 0 Å². The Kier molecular flexibility index (Phi) is 5.68. The fourth-order valence-corrected chi connectivity index (χ4v) is 1.59. The molecule has 6 heteroatoms. The molecular weight excluding hydrogens is 268 g/mol. The van der Waals surface area contributed by atoms with Gasteiger partial charge in [-0.3, -0.25) is 4.79 Å². The fourth-order valence-electron chi connectivity index (χ4n) is 1.21. The lowest BCUT2D eigenvalue weighted by atomic mass is 10.2. The largest absolute Gasteiger partial charge is 0.383 e. The summed E-state index contributed by atoms with van der Waals surface area (Å²) in [6, 6.07) is 3.79. The van der Waals surface area contributed by atoms with Crippen molar-refractivity contribution in [3.8, 4) is 0 Å². The second-order valence-electron chi connectivity index (χ2n) is 3.39. The number of halogens is 3. The van der Waals surface area contributed by atoms with Gasteiger partial charge in [0.05, 0.1) is 17.5 Å². The van der Waals surface area contributed by atoms with Gasteiger partial charge in [0, 0.05) is 18.7 Å². The third-order valence-electron chi connectivity index (χ3n) is 2.00. The summed E-state index contributed by atoms with van der Waals surface area (Å²) in [5.74, 6) is -1.17. The van der Waals surface area contributed by atoms with E-state index in [0.29, 0.717) is 11.6 Å². The zero-order chi connectivity index (χ0) is 12.8. The molecule has 0 saturated carbocycles. The maximum absolute atomic E-state index is 13.3. The molecule has 0 aliphatic carbocycles. The number of benzene rings is 1. The topological polar surface area (TPSA) is 38.3 Å². The van der Waals surface area contributed by atoms with Crippen LogP contribution in [-0.4, -0.2) is 31.5 Å². The number of hydrogen-bond acceptors (Lipinski definition) is 2. The third kappa shape index (κ3) is 4.50. The molecule has 1 unspecified atom stereocenters. The number of carbonyl (C=O) groups is 1. The van der Waals surface area contributed by atoms with Crippen LogP contribution in [0.2, 0.25) is 5.02 Å². The highest BCUT2D eigenvalue weighted by molar-refractivity contribution is 6.31. The van der Waals surface area contributed by atoms with E-state index in [-0.39, 0.29) is 17.5 Å². The second kappa shape index (κ2) is 6.79. The molecule has 0 spiro atoms. The lowest BCUT2D eigenvalue weighted by Gasteiger charge is -2.10. The van der Waals surface area contributed by atoms with E-state index < -0.39 is 11.7 Å². The third-order valence-corrected chi connectivity index (χ3v) is 2.52. The first-order valence-corrected chi connectivity index (χ1v) is 5.72. The van der Waals surface area contributed by atoms with E-state index in [2.05, 4.69) is 5.32 Å². The van der Waals surface area contributed by atoms with Gasteiger partial charge in [-0.2, -0.15) is 0 Å². The second-order valence-corrected chi connectivity index (χ2v) is 4.44. The van der Waals surface area contributed by atoms with Crippen molar-refractivity contribution < 1.29 is 13.9 Å². The number of carbonyl (C=O) groups excluding carboxylic acids is 1. The van der Waals surface area contributed by atoms with Gasteiger partial charge in [0.1, 0.15) is 5.82 Å². The molecule has 0 heterocycles. The Hall–Kier alpha value is -0.840. The molecule has 1 rings (SSSR count). The van der Waals surface area contributed by atoms with Crippen molar-refractivity contribution in [2.24, 2.45) is 0 Å². The quantitative estimate of drug-likeness (QED) is 0.841. The van der Waals surface area contributed by atoms with Gasteiger partial charge in [0.2, 0.25) is 0 Å². The van der Waals surface area contributed by atoms with E-state index in [0.717, 1.165) is 6.07 Å². The summed E-state index contributed by atoms with van der Waals surface area (Å²) >= 11 is 11.5. The lowest BCUT2D eigenvalue weighted by molar-refractivity contribution is 0.0945. The molecule has 17 heavy (non-hydrogen) atoms. The average molecular weight is 280 g/mol. The maximum atomic E-state index is 13.3. The van der Waals surface area contributed by atoms with Crippen LogP contribution in [0.1, 0.15) is 10.4 Å². The first-order valence-electron chi connectivity index (χ1n) is 4.91. The van der Waals surface area contributed by atoms with Crippen LogP contribution in [-0.2, 0) is 4.74 Å². The predicted molar refractivity (Wildman–Crippen MR) is 65.3 cm³/mol. The van der Waals surface area contributed by atoms with E-state index in [1.165, 1.54) is 19.2 Å². The number of alkyl halides is 1. The number of hydrogen-bond donors (Lipinski definition) is 1. The summed E-state index contributed by atoms with van der Waals surface area (Å²) in [5.41, 5.74) is -0.0983. The highest BCUT2D eigenvalue weighted by atomic mass is 35.5. The van der Waals surface area contributed by atoms with Crippen LogP contribution >= 0.6 is 23.2 Å². The first-order chi connectivity index (χ1) is 8.04. The van der Waals surface area contributed by atoms with E-state index in [9.17, 15) is 9.18 Å². The number of rotatable bonds is 5. The first kappa shape index (κ1) is 14.2. The maximum Gasteiger partial charge on any atom is 0.254 e. The van der Waals surface area contributed by atoms with E-state index >= 15 is 0 Å². The minimum Gasteiger partial charge on any atom is -0.383 e. The number of methoxy groups -OCH3 is 1. The Morgan fingerprint density at radius 2 is 2.29 bits per heavy atom. The van der Waals surface area contributed by atoms with Crippen molar-refractivity contribution in [1.82, 2.24) is 5.32 Å². The zero-order valence-corrected chi connectivity index (χ0v) is 10.7. The molecule has 0 saturated heterocycles. The summed E-state index contributed by atoms with van der Waals surface area (Å²) in [5, 5.41) is 2.45. The van der Waals surface area contributed by atoms with Crippen molar-refractivity contribution >= 4 is 29.1 Å². The van der Waals surface area contributed by atoms with Crippen LogP contribution in [0.3, 0.4) is 0 Å². The molecule has 0 aliphatic heterocycles. The molecule has 0 fully saturated rings. The summed E-state index contributed by atoms with van der Waals surface area (Å²) in [6.45, 7) is 0.500. The van der Waals surface area contributed by atoms with Crippen LogP contribution in [0, 0.1) is 5.82 Å². The van der Waals surface area contributed by atoms with E-state index in [1.807, 2.05) is 0 Å². The van der Waals surface area contributed by atoms with E-state index in [4.69, 9.17) is 27.9 Å². The zero-order valence-electron chi connectivity index (χ0n) is 9.17. The molecule has 1 atom stereocenters. The standard InChI is InChI=1S/C11H12Cl2FNO2/c1-17-6-8(13)5-15-11(16)9-4-7(12)2-3-10(9)14/h2-4,8H,5-6H2,1H3,(H,15,16). The van der Waals surface area contributed by atoms with E-state index in [1.54, 1.807) is 0 Å². The summed E-state index contributed by atoms with van der Waals surface area (Å²) in [4.78, 5) is 11.6.